The van der Waals surface area contributed by atoms with Crippen LogP contribution in [0.1, 0.15) is 19.8 Å². The molecular weight excluding hydrogens is 279 g/mol. The van der Waals surface area contributed by atoms with Crippen LogP contribution in [-0.4, -0.2) is 36.8 Å². The summed E-state index contributed by atoms with van der Waals surface area (Å²) in [5.41, 5.74) is -0.366. The zero-order chi connectivity index (χ0) is 15.4. The number of nitro groups is 1. The van der Waals surface area contributed by atoms with Crippen LogP contribution in [0.4, 0.5) is 10.1 Å². The maximum Gasteiger partial charge on any atom is 0.313 e. The fraction of sp³-hybridized carbons (Fsp3) is 0.571. The molecule has 0 bridgehead atoms. The Morgan fingerprint density at radius 2 is 2.29 bits per heavy atom. The van der Waals surface area contributed by atoms with Gasteiger partial charge in [-0.25, -0.2) is 4.39 Å². The van der Waals surface area contributed by atoms with Gasteiger partial charge in [-0.3, -0.25) is 10.1 Å². The number of nitrogens with zero attached hydrogens (tertiary/aromatic N) is 1. The molecule has 0 amide bonds. The molecule has 1 fully saturated rings. The Balaban J connectivity index is 2.04. The highest BCUT2D eigenvalue weighted by molar-refractivity contribution is 5.46. The van der Waals surface area contributed by atoms with Crippen LogP contribution in [0.25, 0.3) is 0 Å². The molecule has 1 aliphatic rings. The van der Waals surface area contributed by atoms with Crippen molar-refractivity contribution in [1.82, 2.24) is 5.32 Å². The number of ether oxygens (including phenoxy) is 2. The molecule has 2 rings (SSSR count). The van der Waals surface area contributed by atoms with Gasteiger partial charge in [-0.1, -0.05) is 6.92 Å². The van der Waals surface area contributed by atoms with E-state index in [4.69, 9.17) is 9.47 Å². The van der Waals surface area contributed by atoms with Gasteiger partial charge in [0.05, 0.1) is 11.0 Å². The van der Waals surface area contributed by atoms with Gasteiger partial charge < -0.3 is 14.8 Å². The number of nitrogens with one attached hydrogen (secondary N) is 1. The van der Waals surface area contributed by atoms with E-state index in [0.717, 1.165) is 25.1 Å². The predicted molar refractivity (Wildman–Crippen MR) is 75.0 cm³/mol. The van der Waals surface area contributed by atoms with E-state index in [1.54, 1.807) is 7.11 Å². The van der Waals surface area contributed by atoms with Crippen molar-refractivity contribution in [1.29, 1.82) is 0 Å². The Morgan fingerprint density at radius 1 is 1.52 bits per heavy atom. The Kier molecular flexibility index (Phi) is 5.08. The first-order valence-electron chi connectivity index (χ1n) is 6.93. The predicted octanol–water partition coefficient (Wildman–Crippen LogP) is 2.27. The van der Waals surface area contributed by atoms with Gasteiger partial charge in [-0.05, 0) is 25.1 Å². The van der Waals surface area contributed by atoms with Crippen molar-refractivity contribution in [3.05, 3.63) is 34.1 Å². The van der Waals surface area contributed by atoms with Gasteiger partial charge in [0.1, 0.15) is 18.0 Å². The van der Waals surface area contributed by atoms with E-state index in [9.17, 15) is 14.5 Å². The average Bonchev–Trinajstić information content (AvgIpc) is 2.43. The molecule has 3 atom stereocenters. The first-order valence-corrected chi connectivity index (χ1v) is 6.93. The summed E-state index contributed by atoms with van der Waals surface area (Å²) in [6.07, 6.45) is 1.28. The van der Waals surface area contributed by atoms with Gasteiger partial charge in [0.2, 0.25) is 0 Å². The van der Waals surface area contributed by atoms with Crippen LogP contribution in [0.15, 0.2) is 18.2 Å². The van der Waals surface area contributed by atoms with E-state index in [0.29, 0.717) is 6.42 Å². The third-order valence-electron chi connectivity index (χ3n) is 3.57. The van der Waals surface area contributed by atoms with Crippen molar-refractivity contribution >= 4 is 5.69 Å². The van der Waals surface area contributed by atoms with Crippen LogP contribution in [-0.2, 0) is 4.74 Å². The highest BCUT2D eigenvalue weighted by Crippen LogP contribution is 2.34. The van der Waals surface area contributed by atoms with Gasteiger partial charge in [-0.2, -0.15) is 0 Å². The van der Waals surface area contributed by atoms with Crippen molar-refractivity contribution in [2.45, 2.75) is 38.0 Å². The first kappa shape index (κ1) is 15.7. The Bertz CT molecular complexity index is 512. The smallest absolute Gasteiger partial charge is 0.313 e. The van der Waals surface area contributed by atoms with E-state index in [1.807, 2.05) is 0 Å². The van der Waals surface area contributed by atoms with Gasteiger partial charge >= 0.3 is 5.69 Å². The lowest BCUT2D eigenvalue weighted by Gasteiger charge is -2.43. The highest BCUT2D eigenvalue weighted by Gasteiger charge is 2.43. The molecule has 116 valence electrons. The summed E-state index contributed by atoms with van der Waals surface area (Å²) in [7, 11) is 1.58. The second kappa shape index (κ2) is 6.82. The lowest BCUT2D eigenvalue weighted by atomic mass is 9.85. The first-order chi connectivity index (χ1) is 10.1. The molecule has 3 unspecified atom stereocenters. The van der Waals surface area contributed by atoms with Crippen molar-refractivity contribution < 1.29 is 18.8 Å². The largest absolute Gasteiger partial charge is 0.481 e. The maximum absolute atomic E-state index is 13.1. The van der Waals surface area contributed by atoms with E-state index in [1.165, 1.54) is 6.07 Å². The van der Waals surface area contributed by atoms with Crippen LogP contribution in [0.5, 0.6) is 5.75 Å². The number of nitro benzene ring substituents is 1. The molecule has 0 aromatic heterocycles. The fourth-order valence-electron chi connectivity index (χ4n) is 2.44. The summed E-state index contributed by atoms with van der Waals surface area (Å²) in [6, 6.07) is 3.48. The minimum Gasteiger partial charge on any atom is -0.481 e. The molecule has 1 N–H and O–H groups in total. The maximum atomic E-state index is 13.1. The number of hydrogen-bond acceptors (Lipinski definition) is 5. The third-order valence-corrected chi connectivity index (χ3v) is 3.57. The Morgan fingerprint density at radius 3 is 2.90 bits per heavy atom. The topological polar surface area (TPSA) is 73.6 Å². The quantitative estimate of drug-likeness (QED) is 0.617. The molecule has 21 heavy (non-hydrogen) atoms. The van der Waals surface area contributed by atoms with Crippen LogP contribution in [0.2, 0.25) is 0 Å². The van der Waals surface area contributed by atoms with Crippen LogP contribution in [0.3, 0.4) is 0 Å². The van der Waals surface area contributed by atoms with Gasteiger partial charge in [0, 0.05) is 19.6 Å². The van der Waals surface area contributed by atoms with Crippen molar-refractivity contribution in [3.63, 3.8) is 0 Å². The van der Waals surface area contributed by atoms with Crippen LogP contribution >= 0.6 is 0 Å². The van der Waals surface area contributed by atoms with Crippen LogP contribution in [0, 0.1) is 15.9 Å². The second-order valence-corrected chi connectivity index (χ2v) is 5.02. The number of rotatable bonds is 7. The van der Waals surface area contributed by atoms with Crippen LogP contribution < -0.4 is 10.1 Å². The van der Waals surface area contributed by atoms with Gasteiger partial charge in [0.15, 0.2) is 5.75 Å². The third kappa shape index (κ3) is 3.48. The number of benzene rings is 1. The zero-order valence-electron chi connectivity index (χ0n) is 12.0. The lowest BCUT2D eigenvalue weighted by molar-refractivity contribution is -0.386. The highest BCUT2D eigenvalue weighted by atomic mass is 19.1. The average molecular weight is 298 g/mol. The molecule has 6 nitrogen and oxygen atoms in total. The van der Waals surface area contributed by atoms with Gasteiger partial charge in [-0.15, -0.1) is 0 Å². The molecule has 0 radical (unpaired) electrons. The normalized spacial score (nSPS) is 24.4. The SMILES string of the molecule is CCCNC1CC(Oc2ccc(F)cc2[N+](=O)[O-])C1OC. The molecule has 1 aliphatic carbocycles. The molecule has 1 aromatic carbocycles. The molecule has 0 heterocycles. The zero-order valence-corrected chi connectivity index (χ0v) is 12.0. The van der Waals surface area contributed by atoms with E-state index >= 15 is 0 Å². The number of methoxy groups -OCH3 is 1. The minimum atomic E-state index is -0.659. The molecular formula is C14H19FN2O4. The summed E-state index contributed by atoms with van der Waals surface area (Å²) >= 11 is 0. The number of hydrogen-bond donors (Lipinski definition) is 1. The Hall–Kier alpha value is -1.73. The summed E-state index contributed by atoms with van der Waals surface area (Å²) in [5.74, 6) is -0.587. The summed E-state index contributed by atoms with van der Waals surface area (Å²) in [5, 5.41) is 14.3. The van der Waals surface area contributed by atoms with Crippen molar-refractivity contribution in [2.75, 3.05) is 13.7 Å². The molecule has 1 aromatic rings. The molecule has 0 saturated heterocycles. The van der Waals surface area contributed by atoms with Gasteiger partial charge in [0.25, 0.3) is 0 Å². The molecule has 7 heteroatoms. The van der Waals surface area contributed by atoms with E-state index in [2.05, 4.69) is 12.2 Å². The van der Waals surface area contributed by atoms with Crippen molar-refractivity contribution in [2.24, 2.45) is 0 Å². The molecule has 0 aliphatic heterocycles. The summed E-state index contributed by atoms with van der Waals surface area (Å²) < 4.78 is 24.1. The standard InChI is InChI=1S/C14H19FN2O4/c1-3-6-16-10-8-13(14(10)20-2)21-12-5-4-9(15)7-11(12)17(18)19/h4-5,7,10,13-14,16H,3,6,8H2,1-2H3. The molecule has 0 spiro atoms. The summed E-state index contributed by atoms with van der Waals surface area (Å²) in [4.78, 5) is 10.3. The minimum absolute atomic E-state index is 0.0717. The van der Waals surface area contributed by atoms with E-state index < -0.39 is 10.7 Å². The second-order valence-electron chi connectivity index (χ2n) is 5.02. The lowest BCUT2D eigenvalue weighted by Crippen LogP contribution is -2.61. The summed E-state index contributed by atoms with van der Waals surface area (Å²) in [6.45, 7) is 2.96. The Labute approximate surface area is 122 Å². The monoisotopic (exact) mass is 298 g/mol. The fourth-order valence-corrected chi connectivity index (χ4v) is 2.44. The number of halogens is 1. The molecule has 1 saturated carbocycles. The van der Waals surface area contributed by atoms with Crippen molar-refractivity contribution in [3.8, 4) is 5.75 Å². The van der Waals surface area contributed by atoms with E-state index in [-0.39, 0.29) is 29.7 Å².